The summed E-state index contributed by atoms with van der Waals surface area (Å²) in [5.41, 5.74) is 1.46. The molecule has 1 fully saturated rings. The van der Waals surface area contributed by atoms with Crippen molar-refractivity contribution in [2.75, 3.05) is 25.0 Å². The fraction of sp³-hybridized carbons (Fsp3) is 0.500. The van der Waals surface area contributed by atoms with Crippen molar-refractivity contribution in [3.05, 3.63) is 29.8 Å². The van der Waals surface area contributed by atoms with E-state index in [-0.39, 0.29) is 5.91 Å². The first-order valence-electron chi connectivity index (χ1n) is 7.18. The minimum atomic E-state index is 0.147. The van der Waals surface area contributed by atoms with E-state index in [0.29, 0.717) is 17.9 Å². The molecule has 1 aliphatic heterocycles. The van der Waals surface area contributed by atoms with Gasteiger partial charge in [-0.3, -0.25) is 4.79 Å². The second kappa shape index (κ2) is 7.06. The molecule has 1 N–H and O–H groups in total. The Bertz CT molecular complexity index is 483. The normalized spacial score (nSPS) is 15.6. The molecule has 1 aliphatic rings. The van der Waals surface area contributed by atoms with Crippen molar-refractivity contribution < 1.29 is 4.79 Å². The average molecular weight is 271 g/mol. The monoisotopic (exact) mass is 271 g/mol. The lowest BCUT2D eigenvalue weighted by molar-refractivity contribution is -0.118. The number of carbonyl (C=O) groups excluding carboxylic acids is 1. The number of nitrogens with one attached hydrogen (secondary N) is 1. The van der Waals surface area contributed by atoms with Crippen LogP contribution >= 0.6 is 0 Å². The average Bonchev–Trinajstić information content (AvgIpc) is 2.53. The molecule has 0 radical (unpaired) electrons. The summed E-state index contributed by atoms with van der Waals surface area (Å²) >= 11 is 0. The molecule has 0 unspecified atom stereocenters. The summed E-state index contributed by atoms with van der Waals surface area (Å²) < 4.78 is 0. The van der Waals surface area contributed by atoms with Gasteiger partial charge in [0.25, 0.3) is 0 Å². The van der Waals surface area contributed by atoms with Crippen molar-refractivity contribution in [3.8, 4) is 6.07 Å². The molecule has 0 bridgehead atoms. The second-order valence-corrected chi connectivity index (χ2v) is 5.34. The largest absolute Gasteiger partial charge is 0.317 e. The number of carbonyl (C=O) groups is 1. The lowest BCUT2D eigenvalue weighted by Crippen LogP contribution is -2.30. The van der Waals surface area contributed by atoms with Crippen LogP contribution in [0.3, 0.4) is 0 Å². The Hall–Kier alpha value is -1.86. The standard InChI is InChI=1S/C16H21N3O/c1-19(15-5-2-14(12-17)3-6-15)16(20)7-4-13-8-10-18-11-9-13/h2-3,5-6,13,18H,4,7-11H2,1H3. The van der Waals surface area contributed by atoms with Crippen molar-refractivity contribution >= 4 is 11.6 Å². The highest BCUT2D eigenvalue weighted by Crippen LogP contribution is 2.20. The molecule has 1 saturated heterocycles. The first-order chi connectivity index (χ1) is 9.70. The number of rotatable bonds is 4. The highest BCUT2D eigenvalue weighted by molar-refractivity contribution is 5.92. The van der Waals surface area contributed by atoms with Gasteiger partial charge in [0.1, 0.15) is 0 Å². The van der Waals surface area contributed by atoms with Crippen molar-refractivity contribution in [1.82, 2.24) is 5.32 Å². The minimum absolute atomic E-state index is 0.147. The highest BCUT2D eigenvalue weighted by atomic mass is 16.2. The number of nitriles is 1. The Kier molecular flexibility index (Phi) is 5.14. The number of piperidine rings is 1. The molecule has 0 spiro atoms. The molecule has 106 valence electrons. The Morgan fingerprint density at radius 2 is 2.00 bits per heavy atom. The van der Waals surface area contributed by atoms with Crippen molar-refractivity contribution in [3.63, 3.8) is 0 Å². The predicted octanol–water partition coefficient (Wildman–Crippen LogP) is 2.30. The van der Waals surface area contributed by atoms with E-state index in [2.05, 4.69) is 11.4 Å². The van der Waals surface area contributed by atoms with Gasteiger partial charge in [0.05, 0.1) is 11.6 Å². The van der Waals surface area contributed by atoms with Crippen LogP contribution in [0.1, 0.15) is 31.2 Å². The van der Waals surface area contributed by atoms with Crippen molar-refractivity contribution in [1.29, 1.82) is 5.26 Å². The smallest absolute Gasteiger partial charge is 0.226 e. The van der Waals surface area contributed by atoms with Gasteiger partial charge < -0.3 is 10.2 Å². The van der Waals surface area contributed by atoms with E-state index < -0.39 is 0 Å². The zero-order valence-electron chi connectivity index (χ0n) is 11.9. The van der Waals surface area contributed by atoms with Crippen LogP contribution in [0.15, 0.2) is 24.3 Å². The molecule has 4 nitrogen and oxygen atoms in total. The third-order valence-corrected chi connectivity index (χ3v) is 3.98. The molecular formula is C16H21N3O. The molecule has 1 aromatic rings. The van der Waals surface area contributed by atoms with Crippen LogP contribution in [0, 0.1) is 17.2 Å². The number of nitrogens with zero attached hydrogens (tertiary/aromatic N) is 2. The molecule has 0 aromatic heterocycles. The molecular weight excluding hydrogens is 250 g/mol. The lowest BCUT2D eigenvalue weighted by atomic mass is 9.93. The fourth-order valence-electron chi connectivity index (χ4n) is 2.57. The van der Waals surface area contributed by atoms with Crippen LogP contribution in [0.2, 0.25) is 0 Å². The van der Waals surface area contributed by atoms with Gasteiger partial charge in [0.2, 0.25) is 5.91 Å². The molecule has 0 saturated carbocycles. The summed E-state index contributed by atoms with van der Waals surface area (Å²) in [5.74, 6) is 0.822. The Morgan fingerprint density at radius 1 is 1.35 bits per heavy atom. The molecule has 1 amide bonds. The first-order valence-corrected chi connectivity index (χ1v) is 7.18. The third kappa shape index (κ3) is 3.82. The first kappa shape index (κ1) is 14.5. The van der Waals surface area contributed by atoms with Gasteiger partial charge in [-0.2, -0.15) is 5.26 Å². The van der Waals surface area contributed by atoms with Gasteiger partial charge in [0, 0.05) is 19.2 Å². The van der Waals surface area contributed by atoms with Crippen LogP contribution in [0.25, 0.3) is 0 Å². The van der Waals surface area contributed by atoms with E-state index in [1.54, 1.807) is 24.1 Å². The van der Waals surface area contributed by atoms with E-state index in [9.17, 15) is 4.79 Å². The SMILES string of the molecule is CN(C(=O)CCC1CCNCC1)c1ccc(C#N)cc1. The highest BCUT2D eigenvalue weighted by Gasteiger charge is 2.16. The molecule has 1 heterocycles. The topological polar surface area (TPSA) is 56.1 Å². The molecule has 20 heavy (non-hydrogen) atoms. The van der Waals surface area contributed by atoms with Crippen LogP contribution in [-0.2, 0) is 4.79 Å². The molecule has 0 atom stereocenters. The predicted molar refractivity (Wildman–Crippen MR) is 79.4 cm³/mol. The molecule has 1 aromatic carbocycles. The summed E-state index contributed by atoms with van der Waals surface area (Å²) in [5, 5.41) is 12.1. The van der Waals surface area contributed by atoms with Crippen LogP contribution in [-0.4, -0.2) is 26.0 Å². The third-order valence-electron chi connectivity index (χ3n) is 3.98. The number of hydrogen-bond acceptors (Lipinski definition) is 3. The van der Waals surface area contributed by atoms with E-state index in [1.807, 2.05) is 12.1 Å². The van der Waals surface area contributed by atoms with E-state index in [4.69, 9.17) is 5.26 Å². The number of anilines is 1. The van der Waals surface area contributed by atoms with Gasteiger partial charge in [-0.25, -0.2) is 0 Å². The lowest BCUT2D eigenvalue weighted by Gasteiger charge is -2.23. The van der Waals surface area contributed by atoms with Gasteiger partial charge in [-0.05, 0) is 62.5 Å². The van der Waals surface area contributed by atoms with E-state index in [1.165, 1.54) is 12.8 Å². The number of amides is 1. The zero-order chi connectivity index (χ0) is 14.4. The fourth-order valence-corrected chi connectivity index (χ4v) is 2.57. The maximum absolute atomic E-state index is 12.2. The Balaban J connectivity index is 1.85. The second-order valence-electron chi connectivity index (χ2n) is 5.34. The van der Waals surface area contributed by atoms with Gasteiger partial charge in [0.15, 0.2) is 0 Å². The van der Waals surface area contributed by atoms with Gasteiger partial charge in [-0.15, -0.1) is 0 Å². The van der Waals surface area contributed by atoms with E-state index in [0.717, 1.165) is 25.2 Å². The van der Waals surface area contributed by atoms with Crippen molar-refractivity contribution in [2.45, 2.75) is 25.7 Å². The summed E-state index contributed by atoms with van der Waals surface area (Å²) in [6, 6.07) is 9.21. The Morgan fingerprint density at radius 3 is 2.60 bits per heavy atom. The molecule has 0 aliphatic carbocycles. The van der Waals surface area contributed by atoms with E-state index >= 15 is 0 Å². The van der Waals surface area contributed by atoms with Gasteiger partial charge >= 0.3 is 0 Å². The quantitative estimate of drug-likeness (QED) is 0.914. The van der Waals surface area contributed by atoms with Crippen LogP contribution in [0.5, 0.6) is 0 Å². The maximum atomic E-state index is 12.2. The summed E-state index contributed by atoms with van der Waals surface area (Å²) in [6.07, 6.45) is 3.92. The number of benzene rings is 1. The number of hydrogen-bond donors (Lipinski definition) is 1. The maximum Gasteiger partial charge on any atom is 0.226 e. The molecule has 4 heteroatoms. The summed E-state index contributed by atoms with van der Waals surface area (Å²) in [4.78, 5) is 13.9. The summed E-state index contributed by atoms with van der Waals surface area (Å²) in [6.45, 7) is 2.15. The Labute approximate surface area is 120 Å². The summed E-state index contributed by atoms with van der Waals surface area (Å²) in [7, 11) is 1.80. The molecule has 2 rings (SSSR count). The van der Waals surface area contributed by atoms with Crippen LogP contribution in [0.4, 0.5) is 5.69 Å². The zero-order valence-corrected chi connectivity index (χ0v) is 11.9. The van der Waals surface area contributed by atoms with Gasteiger partial charge in [-0.1, -0.05) is 0 Å². The van der Waals surface area contributed by atoms with Crippen molar-refractivity contribution in [2.24, 2.45) is 5.92 Å². The van der Waals surface area contributed by atoms with Crippen LogP contribution < -0.4 is 10.2 Å². The minimum Gasteiger partial charge on any atom is -0.317 e.